The minimum Gasteiger partial charge on any atom is -0.452 e. The molecule has 0 heterocycles. The number of benzene rings is 2. The van der Waals surface area contributed by atoms with E-state index in [9.17, 15) is 27.6 Å². The average Bonchev–Trinajstić information content (AvgIpc) is 2.64. The van der Waals surface area contributed by atoms with Crippen LogP contribution in [0.4, 0.5) is 13.2 Å². The van der Waals surface area contributed by atoms with Gasteiger partial charge >= 0.3 is 12.1 Å². The van der Waals surface area contributed by atoms with Crippen molar-refractivity contribution in [1.29, 1.82) is 0 Å². The molecule has 0 aliphatic heterocycles. The highest BCUT2D eigenvalue weighted by Crippen LogP contribution is 2.29. The van der Waals surface area contributed by atoms with E-state index in [-0.39, 0.29) is 11.1 Å². The van der Waals surface area contributed by atoms with E-state index in [2.05, 4.69) is 26.1 Å². The summed E-state index contributed by atoms with van der Waals surface area (Å²) >= 11 is 3.21. The number of rotatable bonds is 4. The van der Waals surface area contributed by atoms with Gasteiger partial charge in [0.1, 0.15) is 0 Å². The summed E-state index contributed by atoms with van der Waals surface area (Å²) in [5.41, 5.74) is 3.06. The van der Waals surface area contributed by atoms with Crippen LogP contribution in [0.1, 0.15) is 26.3 Å². The molecule has 2 aromatic carbocycles. The fourth-order valence-corrected chi connectivity index (χ4v) is 2.14. The maximum absolute atomic E-state index is 12.6. The number of alkyl halides is 3. The second-order valence-electron chi connectivity index (χ2n) is 5.16. The highest BCUT2D eigenvalue weighted by atomic mass is 79.9. The van der Waals surface area contributed by atoms with Gasteiger partial charge in [-0.05, 0) is 42.5 Å². The number of hydrogen-bond acceptors (Lipinski definition) is 4. The van der Waals surface area contributed by atoms with Crippen molar-refractivity contribution < 1.29 is 32.3 Å². The van der Waals surface area contributed by atoms with E-state index in [0.29, 0.717) is 6.07 Å². The van der Waals surface area contributed by atoms with E-state index in [1.165, 1.54) is 12.1 Å². The summed E-state index contributed by atoms with van der Waals surface area (Å²) in [4.78, 5) is 35.2. The lowest BCUT2D eigenvalue weighted by atomic mass is 10.1. The number of ether oxygens (including phenoxy) is 1. The molecular formula is C17H12BrF3N2O4. The van der Waals surface area contributed by atoms with Crippen molar-refractivity contribution >= 4 is 33.7 Å². The van der Waals surface area contributed by atoms with Gasteiger partial charge in [0.25, 0.3) is 11.8 Å². The summed E-state index contributed by atoms with van der Waals surface area (Å²) in [7, 11) is 0. The number of carbonyl (C=O) groups is 3. The van der Waals surface area contributed by atoms with Crippen LogP contribution in [0, 0.1) is 0 Å². The fraction of sp³-hybridized carbons (Fsp3) is 0.118. The largest absolute Gasteiger partial charge is 0.452 e. The Balaban J connectivity index is 1.84. The zero-order chi connectivity index (χ0) is 20.0. The van der Waals surface area contributed by atoms with Crippen molar-refractivity contribution in [3.63, 3.8) is 0 Å². The number of carbonyl (C=O) groups excluding carboxylic acids is 3. The Hall–Kier alpha value is -2.88. The summed E-state index contributed by atoms with van der Waals surface area (Å²) in [5.74, 6) is -2.56. The molecule has 6 nitrogen and oxygen atoms in total. The molecule has 0 aromatic heterocycles. The van der Waals surface area contributed by atoms with Crippen molar-refractivity contribution in [2.24, 2.45) is 0 Å². The van der Waals surface area contributed by atoms with Gasteiger partial charge in [-0.1, -0.05) is 22.0 Å². The molecule has 142 valence electrons. The van der Waals surface area contributed by atoms with Crippen LogP contribution in [-0.2, 0) is 15.7 Å². The summed E-state index contributed by atoms with van der Waals surface area (Å²) in [6.07, 6.45) is -4.61. The zero-order valence-corrected chi connectivity index (χ0v) is 15.1. The Kier molecular flexibility index (Phi) is 6.56. The molecule has 0 bridgehead atoms. The molecule has 0 spiro atoms. The smallest absolute Gasteiger partial charge is 0.416 e. The summed E-state index contributed by atoms with van der Waals surface area (Å²) in [6.45, 7) is -0.782. The van der Waals surface area contributed by atoms with Gasteiger partial charge < -0.3 is 4.74 Å². The maximum atomic E-state index is 12.6. The standard InChI is InChI=1S/C17H12BrF3N2O4/c18-13-6-4-10(5-7-13)15(25)23-22-14(24)9-27-16(26)11-2-1-3-12(8-11)17(19,20)21/h1-8H,9H2,(H,22,24)(H,23,25). The highest BCUT2D eigenvalue weighted by Gasteiger charge is 2.31. The summed E-state index contributed by atoms with van der Waals surface area (Å²) < 4.78 is 43.3. The van der Waals surface area contributed by atoms with Crippen molar-refractivity contribution in [3.8, 4) is 0 Å². The minimum absolute atomic E-state index is 0.277. The van der Waals surface area contributed by atoms with Crippen molar-refractivity contribution in [1.82, 2.24) is 10.9 Å². The Morgan fingerprint density at radius 2 is 1.63 bits per heavy atom. The number of esters is 1. The molecule has 2 N–H and O–H groups in total. The number of hydrazine groups is 1. The number of nitrogens with one attached hydrogen (secondary N) is 2. The Labute approximate surface area is 159 Å². The van der Waals surface area contributed by atoms with Crippen LogP contribution in [0.3, 0.4) is 0 Å². The van der Waals surface area contributed by atoms with E-state index in [1.807, 2.05) is 5.43 Å². The van der Waals surface area contributed by atoms with Gasteiger partial charge in [0, 0.05) is 10.0 Å². The van der Waals surface area contributed by atoms with Crippen LogP contribution in [0.5, 0.6) is 0 Å². The Morgan fingerprint density at radius 1 is 0.963 bits per heavy atom. The number of amides is 2. The van der Waals surface area contributed by atoms with Gasteiger partial charge in [-0.15, -0.1) is 0 Å². The molecule has 0 saturated heterocycles. The van der Waals surface area contributed by atoms with E-state index in [4.69, 9.17) is 0 Å². The van der Waals surface area contributed by atoms with Gasteiger partial charge in [-0.25, -0.2) is 4.79 Å². The van der Waals surface area contributed by atoms with Gasteiger partial charge in [-0.2, -0.15) is 13.2 Å². The molecule has 27 heavy (non-hydrogen) atoms. The van der Waals surface area contributed by atoms with Gasteiger partial charge in [0.2, 0.25) is 0 Å². The van der Waals surface area contributed by atoms with Crippen LogP contribution in [-0.4, -0.2) is 24.4 Å². The molecule has 0 fully saturated rings. The van der Waals surface area contributed by atoms with Crippen molar-refractivity contribution in [2.45, 2.75) is 6.18 Å². The minimum atomic E-state index is -4.61. The first kappa shape index (κ1) is 20.4. The normalized spacial score (nSPS) is 10.8. The summed E-state index contributed by atoms with van der Waals surface area (Å²) in [5, 5.41) is 0. The van der Waals surface area contributed by atoms with E-state index in [0.717, 1.165) is 22.7 Å². The predicted molar refractivity (Wildman–Crippen MR) is 91.5 cm³/mol. The molecule has 2 aromatic rings. The third-order valence-corrected chi connectivity index (χ3v) is 3.71. The van der Waals surface area contributed by atoms with Gasteiger partial charge in [0.05, 0.1) is 11.1 Å². The zero-order valence-electron chi connectivity index (χ0n) is 13.5. The molecular weight excluding hydrogens is 433 g/mol. The first-order valence-corrected chi connectivity index (χ1v) is 8.15. The monoisotopic (exact) mass is 444 g/mol. The molecule has 10 heteroatoms. The van der Waals surface area contributed by atoms with Crippen LogP contribution in [0.25, 0.3) is 0 Å². The lowest BCUT2D eigenvalue weighted by Gasteiger charge is -2.10. The third-order valence-electron chi connectivity index (χ3n) is 3.18. The summed E-state index contributed by atoms with van der Waals surface area (Å²) in [6, 6.07) is 9.90. The van der Waals surface area contributed by atoms with E-state index in [1.54, 1.807) is 12.1 Å². The third kappa shape index (κ3) is 6.10. The molecule has 2 amide bonds. The maximum Gasteiger partial charge on any atom is 0.416 e. The molecule has 0 unspecified atom stereocenters. The fourth-order valence-electron chi connectivity index (χ4n) is 1.87. The second kappa shape index (κ2) is 8.67. The molecule has 0 aliphatic carbocycles. The lowest BCUT2D eigenvalue weighted by Crippen LogP contribution is -2.43. The number of halogens is 4. The van der Waals surface area contributed by atoms with Crippen LogP contribution >= 0.6 is 15.9 Å². The highest BCUT2D eigenvalue weighted by molar-refractivity contribution is 9.10. The van der Waals surface area contributed by atoms with E-state index < -0.39 is 36.1 Å². The molecule has 2 rings (SSSR count). The van der Waals surface area contributed by atoms with Gasteiger partial charge in [-0.3, -0.25) is 20.4 Å². The molecule has 0 saturated carbocycles. The molecule has 0 aliphatic rings. The quantitative estimate of drug-likeness (QED) is 0.560. The SMILES string of the molecule is O=C(COC(=O)c1cccc(C(F)(F)F)c1)NNC(=O)c1ccc(Br)cc1. The van der Waals surface area contributed by atoms with Crippen LogP contribution in [0.15, 0.2) is 53.0 Å². The van der Waals surface area contributed by atoms with Crippen molar-refractivity contribution in [3.05, 3.63) is 69.7 Å². The first-order chi connectivity index (χ1) is 12.7. The molecule has 0 atom stereocenters. The van der Waals surface area contributed by atoms with Gasteiger partial charge in [0.15, 0.2) is 6.61 Å². The average molecular weight is 445 g/mol. The Bertz CT molecular complexity index is 854. The van der Waals surface area contributed by atoms with Crippen LogP contribution in [0.2, 0.25) is 0 Å². The lowest BCUT2D eigenvalue weighted by molar-refractivity contribution is -0.137. The molecule has 0 radical (unpaired) electrons. The second-order valence-corrected chi connectivity index (χ2v) is 6.08. The topological polar surface area (TPSA) is 84.5 Å². The van der Waals surface area contributed by atoms with E-state index >= 15 is 0 Å². The predicted octanol–water partition coefficient (Wildman–Crippen LogP) is 3.09. The van der Waals surface area contributed by atoms with Crippen LogP contribution < -0.4 is 10.9 Å². The number of hydrogen-bond donors (Lipinski definition) is 2. The Morgan fingerprint density at radius 3 is 2.26 bits per heavy atom. The first-order valence-electron chi connectivity index (χ1n) is 7.36. The van der Waals surface area contributed by atoms with Crippen molar-refractivity contribution in [2.75, 3.05) is 6.61 Å².